The van der Waals surface area contributed by atoms with Gasteiger partial charge in [-0.15, -0.1) is 0 Å². The minimum atomic E-state index is -0.955. The monoisotopic (exact) mass is 329 g/mol. The fourth-order valence-electron chi connectivity index (χ4n) is 1.57. The SMILES string of the molecule is COC(=O)/C=C(/Nc1cc(F)c(OC(C)C)c(F)c1)C(=O)OC. The lowest BCUT2D eigenvalue weighted by atomic mass is 10.2. The van der Waals surface area contributed by atoms with Gasteiger partial charge in [-0.25, -0.2) is 18.4 Å². The van der Waals surface area contributed by atoms with E-state index in [1.807, 2.05) is 0 Å². The lowest BCUT2D eigenvalue weighted by Gasteiger charge is -2.14. The van der Waals surface area contributed by atoms with Crippen LogP contribution < -0.4 is 10.1 Å². The summed E-state index contributed by atoms with van der Waals surface area (Å²) >= 11 is 0. The van der Waals surface area contributed by atoms with Crippen LogP contribution in [-0.2, 0) is 19.1 Å². The Balaban J connectivity index is 3.13. The van der Waals surface area contributed by atoms with E-state index in [2.05, 4.69) is 14.8 Å². The maximum Gasteiger partial charge on any atom is 0.354 e. The van der Waals surface area contributed by atoms with E-state index in [1.165, 1.54) is 0 Å². The topological polar surface area (TPSA) is 73.9 Å². The summed E-state index contributed by atoms with van der Waals surface area (Å²) in [7, 11) is 2.21. The molecule has 0 radical (unpaired) electrons. The first-order chi connectivity index (χ1) is 10.8. The maximum atomic E-state index is 13.9. The van der Waals surface area contributed by atoms with E-state index in [4.69, 9.17) is 4.74 Å². The van der Waals surface area contributed by atoms with Crippen LogP contribution in [0.4, 0.5) is 14.5 Å². The summed E-state index contributed by atoms with van der Waals surface area (Å²) in [6, 6.07) is 1.85. The average molecular weight is 329 g/mol. The van der Waals surface area contributed by atoms with Crippen molar-refractivity contribution in [3.63, 3.8) is 0 Å². The zero-order valence-corrected chi connectivity index (χ0v) is 13.1. The normalized spacial score (nSPS) is 11.2. The summed E-state index contributed by atoms with van der Waals surface area (Å²) in [6.45, 7) is 3.25. The number of methoxy groups -OCH3 is 2. The second kappa shape index (κ2) is 8.11. The van der Waals surface area contributed by atoms with Crippen LogP contribution in [-0.4, -0.2) is 32.3 Å². The molecule has 0 unspecified atom stereocenters. The summed E-state index contributed by atoms with van der Waals surface area (Å²) < 4.78 is 41.7. The fourth-order valence-corrected chi connectivity index (χ4v) is 1.57. The van der Waals surface area contributed by atoms with E-state index < -0.39 is 35.4 Å². The van der Waals surface area contributed by atoms with Crippen LogP contribution >= 0.6 is 0 Å². The second-order valence-corrected chi connectivity index (χ2v) is 4.63. The molecule has 0 spiro atoms. The molecule has 23 heavy (non-hydrogen) atoms. The molecule has 0 aliphatic heterocycles. The number of hydrogen-bond donors (Lipinski definition) is 1. The Morgan fingerprint density at radius 2 is 1.70 bits per heavy atom. The lowest BCUT2D eigenvalue weighted by Crippen LogP contribution is -2.16. The smallest absolute Gasteiger partial charge is 0.354 e. The zero-order valence-electron chi connectivity index (χ0n) is 13.1. The van der Waals surface area contributed by atoms with Gasteiger partial charge in [0.1, 0.15) is 5.70 Å². The number of ether oxygens (including phenoxy) is 3. The standard InChI is InChI=1S/C15H17F2NO5/c1-8(2)23-14-10(16)5-9(6-11(14)17)18-12(15(20)22-4)7-13(19)21-3/h5-8,18H,1-4H3/b12-7+. The average Bonchev–Trinajstić information content (AvgIpc) is 2.49. The highest BCUT2D eigenvalue weighted by molar-refractivity contribution is 5.98. The van der Waals surface area contributed by atoms with Gasteiger partial charge in [-0.1, -0.05) is 0 Å². The minimum absolute atomic E-state index is 0.100. The van der Waals surface area contributed by atoms with E-state index in [-0.39, 0.29) is 11.4 Å². The number of carbonyl (C=O) groups excluding carboxylic acids is 2. The van der Waals surface area contributed by atoms with Gasteiger partial charge in [0.25, 0.3) is 0 Å². The van der Waals surface area contributed by atoms with E-state index >= 15 is 0 Å². The van der Waals surface area contributed by atoms with Crippen LogP contribution in [0.2, 0.25) is 0 Å². The Morgan fingerprint density at radius 3 is 2.13 bits per heavy atom. The van der Waals surface area contributed by atoms with Crippen LogP contribution in [0.1, 0.15) is 13.8 Å². The first-order valence-corrected chi connectivity index (χ1v) is 6.59. The maximum absolute atomic E-state index is 13.9. The molecule has 8 heteroatoms. The van der Waals surface area contributed by atoms with Gasteiger partial charge >= 0.3 is 11.9 Å². The van der Waals surface area contributed by atoms with E-state index in [9.17, 15) is 18.4 Å². The molecule has 1 aromatic carbocycles. The van der Waals surface area contributed by atoms with E-state index in [0.717, 1.165) is 32.4 Å². The zero-order chi connectivity index (χ0) is 17.6. The number of nitrogens with one attached hydrogen (secondary N) is 1. The second-order valence-electron chi connectivity index (χ2n) is 4.63. The van der Waals surface area contributed by atoms with Crippen molar-refractivity contribution in [1.82, 2.24) is 0 Å². The first-order valence-electron chi connectivity index (χ1n) is 6.59. The van der Waals surface area contributed by atoms with Crippen LogP contribution in [0.15, 0.2) is 23.9 Å². The number of benzene rings is 1. The van der Waals surface area contributed by atoms with Crippen molar-refractivity contribution in [3.05, 3.63) is 35.5 Å². The van der Waals surface area contributed by atoms with Gasteiger partial charge in [0.2, 0.25) is 0 Å². The predicted molar refractivity (Wildman–Crippen MR) is 77.9 cm³/mol. The molecule has 0 aromatic heterocycles. The highest BCUT2D eigenvalue weighted by atomic mass is 19.1. The van der Waals surface area contributed by atoms with Crippen LogP contribution in [0.3, 0.4) is 0 Å². The van der Waals surface area contributed by atoms with Gasteiger partial charge in [0.15, 0.2) is 17.4 Å². The quantitative estimate of drug-likeness (QED) is 0.638. The highest BCUT2D eigenvalue weighted by Gasteiger charge is 2.17. The summed E-state index contributed by atoms with van der Waals surface area (Å²) in [4.78, 5) is 22.8. The Morgan fingerprint density at radius 1 is 1.13 bits per heavy atom. The third-order valence-corrected chi connectivity index (χ3v) is 2.50. The molecule has 126 valence electrons. The van der Waals surface area contributed by atoms with Crippen LogP contribution in [0, 0.1) is 11.6 Å². The Kier molecular flexibility index (Phi) is 6.49. The van der Waals surface area contributed by atoms with Gasteiger partial charge in [-0.3, -0.25) is 0 Å². The molecule has 0 aliphatic rings. The molecule has 6 nitrogen and oxygen atoms in total. The first kappa shape index (κ1) is 18.4. The molecule has 0 bridgehead atoms. The van der Waals surface area contributed by atoms with Crippen molar-refractivity contribution in [2.75, 3.05) is 19.5 Å². The van der Waals surface area contributed by atoms with Gasteiger partial charge < -0.3 is 19.5 Å². The number of carbonyl (C=O) groups is 2. The summed E-state index contributed by atoms with van der Waals surface area (Å²) in [5.74, 6) is -4.17. The van der Waals surface area contributed by atoms with Crippen molar-refractivity contribution in [2.24, 2.45) is 0 Å². The van der Waals surface area contributed by atoms with E-state index in [1.54, 1.807) is 13.8 Å². The molecule has 0 fully saturated rings. The summed E-state index contributed by atoms with van der Waals surface area (Å²) in [5.41, 5.74) is -0.438. The molecule has 1 aromatic rings. The summed E-state index contributed by atoms with van der Waals surface area (Å²) in [5, 5.41) is 2.41. The Bertz CT molecular complexity index is 605. The molecule has 0 atom stereocenters. The van der Waals surface area contributed by atoms with Gasteiger partial charge in [0.05, 0.1) is 26.4 Å². The number of anilines is 1. The molecular formula is C15H17F2NO5. The minimum Gasteiger partial charge on any atom is -0.485 e. The van der Waals surface area contributed by atoms with Crippen molar-refractivity contribution in [2.45, 2.75) is 20.0 Å². The summed E-state index contributed by atoms with van der Waals surface area (Å²) in [6.07, 6.45) is 0.392. The fraction of sp³-hybridized carbons (Fsp3) is 0.333. The molecule has 0 saturated heterocycles. The third kappa shape index (κ3) is 5.24. The van der Waals surface area contributed by atoms with Crippen LogP contribution in [0.5, 0.6) is 5.75 Å². The van der Waals surface area contributed by atoms with Crippen molar-refractivity contribution in [1.29, 1.82) is 0 Å². The Labute approximate surface area is 132 Å². The number of esters is 2. The Hall–Kier alpha value is -2.64. The van der Waals surface area contributed by atoms with Crippen molar-refractivity contribution < 1.29 is 32.6 Å². The molecule has 0 amide bonds. The van der Waals surface area contributed by atoms with Crippen molar-refractivity contribution in [3.8, 4) is 5.75 Å². The van der Waals surface area contributed by atoms with Gasteiger partial charge in [-0.2, -0.15) is 0 Å². The highest BCUT2D eigenvalue weighted by Crippen LogP contribution is 2.27. The van der Waals surface area contributed by atoms with Crippen molar-refractivity contribution >= 4 is 17.6 Å². The van der Waals surface area contributed by atoms with Crippen LogP contribution in [0.25, 0.3) is 0 Å². The molecule has 0 saturated carbocycles. The molecule has 1 N–H and O–H groups in total. The molecule has 1 rings (SSSR count). The predicted octanol–water partition coefficient (Wildman–Crippen LogP) is 2.39. The van der Waals surface area contributed by atoms with Gasteiger partial charge in [-0.05, 0) is 13.8 Å². The molecule has 0 heterocycles. The van der Waals surface area contributed by atoms with Gasteiger partial charge in [0, 0.05) is 17.8 Å². The largest absolute Gasteiger partial charge is 0.485 e. The van der Waals surface area contributed by atoms with E-state index in [0.29, 0.717) is 0 Å². The number of hydrogen-bond acceptors (Lipinski definition) is 6. The molecular weight excluding hydrogens is 312 g/mol. The lowest BCUT2D eigenvalue weighted by molar-refractivity contribution is -0.138. The number of rotatable bonds is 6. The molecule has 0 aliphatic carbocycles. The number of halogens is 2. The third-order valence-electron chi connectivity index (χ3n) is 2.50.